The number of nitrogens with one attached hydrogen (secondary N) is 1. The number of rotatable bonds is 4. The van der Waals surface area contributed by atoms with Crippen LogP contribution in [0.5, 0.6) is 5.75 Å². The topological polar surface area (TPSA) is 64.6 Å². The number of ether oxygens (including phenoxy) is 2. The Labute approximate surface area is 180 Å². The number of hydrogen-bond acceptors (Lipinski definition) is 5. The molecule has 0 unspecified atom stereocenters. The van der Waals surface area contributed by atoms with Gasteiger partial charge in [-0.05, 0) is 43.0 Å². The molecule has 0 spiro atoms. The highest BCUT2D eigenvalue weighted by Crippen LogP contribution is 2.46. The first-order valence-electron chi connectivity index (χ1n) is 10.1. The molecule has 1 aliphatic carbocycles. The molecule has 0 bridgehead atoms. The molecule has 0 fully saturated rings. The smallest absolute Gasteiger partial charge is 0.336 e. The molecule has 2 aromatic carbocycles. The van der Waals surface area contributed by atoms with E-state index in [1.165, 1.54) is 13.2 Å². The molecule has 4 rings (SSSR count). The molecule has 5 nitrogen and oxygen atoms in total. The summed E-state index contributed by atoms with van der Waals surface area (Å²) in [5.41, 5.74) is 3.35. The first kappa shape index (κ1) is 20.8. The first-order valence-corrected chi connectivity index (χ1v) is 10.1. The van der Waals surface area contributed by atoms with Gasteiger partial charge < -0.3 is 14.8 Å². The van der Waals surface area contributed by atoms with Crippen LogP contribution in [0.3, 0.4) is 0 Å². The van der Waals surface area contributed by atoms with Gasteiger partial charge in [-0.1, -0.05) is 30.3 Å². The SMILES string of the molecule is COC(=O)C1=C(C)NC2=C(C(=O)C[C@H](c3ccc(OC)cc3)C2)[C@@H]1c1ccccc1F. The maximum absolute atomic E-state index is 14.8. The van der Waals surface area contributed by atoms with E-state index in [-0.39, 0.29) is 23.7 Å². The van der Waals surface area contributed by atoms with Gasteiger partial charge in [-0.15, -0.1) is 0 Å². The van der Waals surface area contributed by atoms with Crippen molar-refractivity contribution < 1.29 is 23.5 Å². The van der Waals surface area contributed by atoms with Crippen molar-refractivity contribution in [3.63, 3.8) is 0 Å². The van der Waals surface area contributed by atoms with Crippen molar-refractivity contribution >= 4 is 11.8 Å². The van der Waals surface area contributed by atoms with Crippen molar-refractivity contribution in [1.82, 2.24) is 5.32 Å². The van der Waals surface area contributed by atoms with Crippen LogP contribution < -0.4 is 10.1 Å². The molecule has 0 aromatic heterocycles. The quantitative estimate of drug-likeness (QED) is 0.743. The summed E-state index contributed by atoms with van der Waals surface area (Å²) in [6.07, 6.45) is 0.870. The van der Waals surface area contributed by atoms with Gasteiger partial charge in [0.1, 0.15) is 11.6 Å². The van der Waals surface area contributed by atoms with Crippen LogP contribution in [0.15, 0.2) is 71.1 Å². The Balaban J connectivity index is 1.79. The van der Waals surface area contributed by atoms with Crippen LogP contribution in [0.2, 0.25) is 0 Å². The third kappa shape index (κ3) is 3.74. The molecule has 0 saturated heterocycles. The molecule has 0 amide bonds. The lowest BCUT2D eigenvalue weighted by atomic mass is 9.71. The highest BCUT2D eigenvalue weighted by molar-refractivity contribution is 6.04. The van der Waals surface area contributed by atoms with Crippen molar-refractivity contribution in [2.24, 2.45) is 0 Å². The number of esters is 1. The molecule has 31 heavy (non-hydrogen) atoms. The molecule has 6 heteroatoms. The Hall–Kier alpha value is -3.41. The van der Waals surface area contributed by atoms with Crippen molar-refractivity contribution in [3.8, 4) is 5.75 Å². The lowest BCUT2D eigenvalue weighted by molar-refractivity contribution is -0.136. The van der Waals surface area contributed by atoms with E-state index in [1.54, 1.807) is 32.2 Å². The molecule has 2 atom stereocenters. The predicted molar refractivity (Wildman–Crippen MR) is 114 cm³/mol. The summed E-state index contributed by atoms with van der Waals surface area (Å²) in [5.74, 6) is -1.19. The number of benzene rings is 2. The summed E-state index contributed by atoms with van der Waals surface area (Å²) >= 11 is 0. The van der Waals surface area contributed by atoms with Crippen molar-refractivity contribution in [1.29, 1.82) is 0 Å². The summed E-state index contributed by atoms with van der Waals surface area (Å²) in [7, 11) is 2.90. The van der Waals surface area contributed by atoms with Crippen LogP contribution in [0.25, 0.3) is 0 Å². The van der Waals surface area contributed by atoms with Gasteiger partial charge in [-0.3, -0.25) is 4.79 Å². The molecule has 1 N–H and O–H groups in total. The zero-order valence-electron chi connectivity index (χ0n) is 17.7. The highest BCUT2D eigenvalue weighted by atomic mass is 19.1. The number of methoxy groups -OCH3 is 2. The maximum atomic E-state index is 14.8. The third-order valence-corrected chi connectivity index (χ3v) is 6.04. The molecule has 1 aliphatic heterocycles. The number of Topliss-reactive ketones (excluding diaryl/α,β-unsaturated/α-hetero) is 1. The first-order chi connectivity index (χ1) is 14.9. The van der Waals surface area contributed by atoms with Gasteiger partial charge in [0.05, 0.1) is 25.7 Å². The number of dihydropyridines is 1. The van der Waals surface area contributed by atoms with Gasteiger partial charge in [-0.25, -0.2) is 9.18 Å². The van der Waals surface area contributed by atoms with Gasteiger partial charge in [0.25, 0.3) is 0 Å². The monoisotopic (exact) mass is 421 g/mol. The fourth-order valence-corrected chi connectivity index (χ4v) is 4.55. The van der Waals surface area contributed by atoms with Gasteiger partial charge in [0.15, 0.2) is 5.78 Å². The summed E-state index contributed by atoms with van der Waals surface area (Å²) in [6.45, 7) is 1.76. The number of ketones is 1. The minimum atomic E-state index is -0.797. The Morgan fingerprint density at radius 3 is 2.42 bits per heavy atom. The fourth-order valence-electron chi connectivity index (χ4n) is 4.55. The lowest BCUT2D eigenvalue weighted by Gasteiger charge is -2.36. The molecule has 0 saturated carbocycles. The van der Waals surface area contributed by atoms with Crippen LogP contribution in [-0.4, -0.2) is 26.0 Å². The van der Waals surface area contributed by atoms with Gasteiger partial charge in [-0.2, -0.15) is 0 Å². The number of carbonyl (C=O) groups excluding carboxylic acids is 2. The molecular formula is C25H24FNO4. The van der Waals surface area contributed by atoms with E-state index in [1.807, 2.05) is 24.3 Å². The lowest BCUT2D eigenvalue weighted by Crippen LogP contribution is -2.36. The van der Waals surface area contributed by atoms with Gasteiger partial charge in [0.2, 0.25) is 0 Å². The number of carbonyl (C=O) groups is 2. The Bertz CT molecular complexity index is 1100. The minimum Gasteiger partial charge on any atom is -0.497 e. The van der Waals surface area contributed by atoms with E-state index < -0.39 is 17.7 Å². The average Bonchev–Trinajstić information content (AvgIpc) is 2.78. The zero-order valence-corrected chi connectivity index (χ0v) is 17.7. The molecule has 2 aliphatic rings. The Kier molecular flexibility index (Phi) is 5.63. The predicted octanol–water partition coefficient (Wildman–Crippen LogP) is 4.37. The van der Waals surface area contributed by atoms with Gasteiger partial charge >= 0.3 is 5.97 Å². The summed E-state index contributed by atoms with van der Waals surface area (Å²) < 4.78 is 25.0. The van der Waals surface area contributed by atoms with Crippen LogP contribution in [0.1, 0.15) is 42.7 Å². The van der Waals surface area contributed by atoms with Crippen LogP contribution in [0.4, 0.5) is 4.39 Å². The second-order valence-corrected chi connectivity index (χ2v) is 7.80. The second-order valence-electron chi connectivity index (χ2n) is 7.80. The molecule has 160 valence electrons. The van der Waals surface area contributed by atoms with Crippen molar-refractivity contribution in [2.75, 3.05) is 14.2 Å². The van der Waals surface area contributed by atoms with E-state index in [0.717, 1.165) is 17.0 Å². The van der Waals surface area contributed by atoms with Gasteiger partial charge in [0, 0.05) is 29.0 Å². The Morgan fingerprint density at radius 1 is 1.06 bits per heavy atom. The summed E-state index contributed by atoms with van der Waals surface area (Å²) in [5, 5.41) is 3.25. The second kappa shape index (κ2) is 8.38. The molecule has 1 heterocycles. The number of halogens is 1. The highest BCUT2D eigenvalue weighted by Gasteiger charge is 2.42. The van der Waals surface area contributed by atoms with Crippen LogP contribution in [-0.2, 0) is 14.3 Å². The molecule has 0 radical (unpaired) electrons. The van der Waals surface area contributed by atoms with E-state index in [2.05, 4.69) is 5.32 Å². The van der Waals surface area contributed by atoms with Crippen molar-refractivity contribution in [2.45, 2.75) is 31.6 Å². The largest absolute Gasteiger partial charge is 0.497 e. The van der Waals surface area contributed by atoms with E-state index in [9.17, 15) is 14.0 Å². The minimum absolute atomic E-state index is 0.0154. The normalized spacial score (nSPS) is 20.8. The third-order valence-electron chi connectivity index (χ3n) is 6.04. The number of allylic oxidation sites excluding steroid dienone is 3. The molecular weight excluding hydrogens is 397 g/mol. The number of hydrogen-bond donors (Lipinski definition) is 1. The zero-order chi connectivity index (χ0) is 22.1. The van der Waals surface area contributed by atoms with Crippen LogP contribution >= 0.6 is 0 Å². The molecule has 2 aromatic rings. The van der Waals surface area contributed by atoms with E-state index >= 15 is 0 Å². The van der Waals surface area contributed by atoms with Crippen LogP contribution in [0, 0.1) is 5.82 Å². The fraction of sp³-hybridized carbons (Fsp3) is 0.280. The Morgan fingerprint density at radius 2 is 1.77 bits per heavy atom. The average molecular weight is 421 g/mol. The summed E-state index contributed by atoms with van der Waals surface area (Å²) in [4.78, 5) is 26.0. The summed E-state index contributed by atoms with van der Waals surface area (Å²) in [6, 6.07) is 13.9. The van der Waals surface area contributed by atoms with E-state index in [0.29, 0.717) is 23.3 Å². The standard InChI is InChI=1S/C25H24FNO4/c1-14-22(25(29)31-3)23(18-6-4-5-7-19(18)26)24-20(27-14)12-16(13-21(24)28)15-8-10-17(30-2)11-9-15/h4-11,16,23,27H,12-13H2,1-3H3/t16-,23-/m1/s1. The maximum Gasteiger partial charge on any atom is 0.336 e. The van der Waals surface area contributed by atoms with E-state index in [4.69, 9.17) is 9.47 Å². The van der Waals surface area contributed by atoms with Crippen molar-refractivity contribution in [3.05, 3.63) is 88.0 Å².